The Morgan fingerprint density at radius 1 is 1.00 bits per heavy atom. The first-order valence-corrected chi connectivity index (χ1v) is 10.5. The van der Waals surface area contributed by atoms with Gasteiger partial charge in [-0.25, -0.2) is 0 Å². The smallest absolute Gasteiger partial charge is 0.378 e. The summed E-state index contributed by atoms with van der Waals surface area (Å²) in [7, 11) is 5.65. The molecule has 0 aromatic heterocycles. The number of nitriles is 1. The van der Waals surface area contributed by atoms with Crippen LogP contribution in [-0.4, -0.2) is 39.1 Å². The summed E-state index contributed by atoms with van der Waals surface area (Å²) in [5, 5.41) is 12.1. The number of benzene rings is 2. The molecule has 1 fully saturated rings. The largest absolute Gasteiger partial charge is 0.417 e. The van der Waals surface area contributed by atoms with Gasteiger partial charge < -0.3 is 15.1 Å². The van der Waals surface area contributed by atoms with E-state index in [1.165, 1.54) is 6.07 Å². The number of halogens is 3. The van der Waals surface area contributed by atoms with Crippen LogP contribution in [0.3, 0.4) is 0 Å². The second kappa shape index (κ2) is 9.51. The molecule has 3 rings (SSSR count). The van der Waals surface area contributed by atoms with Crippen LogP contribution in [0, 0.1) is 11.3 Å². The third-order valence-corrected chi connectivity index (χ3v) is 6.06. The molecule has 0 aliphatic heterocycles. The molecule has 0 unspecified atom stereocenters. The van der Waals surface area contributed by atoms with E-state index >= 15 is 0 Å². The highest BCUT2D eigenvalue weighted by Crippen LogP contribution is 2.35. The average molecular weight is 445 g/mol. The summed E-state index contributed by atoms with van der Waals surface area (Å²) in [6.45, 7) is 0. The lowest BCUT2D eigenvalue weighted by Gasteiger charge is -2.36. The molecule has 1 aliphatic rings. The molecule has 0 spiro atoms. The quantitative estimate of drug-likeness (QED) is 0.718. The molecule has 0 atom stereocenters. The number of hydrogen-bond acceptors (Lipinski definition) is 4. The van der Waals surface area contributed by atoms with Crippen molar-refractivity contribution in [2.24, 2.45) is 0 Å². The number of nitrogens with one attached hydrogen (secondary N) is 1. The van der Waals surface area contributed by atoms with Gasteiger partial charge in [0.1, 0.15) is 0 Å². The molecule has 2 aromatic carbocycles. The first-order valence-electron chi connectivity index (χ1n) is 10.5. The molecule has 1 N–H and O–H groups in total. The van der Waals surface area contributed by atoms with E-state index in [1.807, 2.05) is 36.0 Å². The maximum Gasteiger partial charge on any atom is 0.417 e. The van der Waals surface area contributed by atoms with Crippen LogP contribution in [0.2, 0.25) is 0 Å². The molecular weight excluding hydrogens is 417 g/mol. The number of amides is 1. The Morgan fingerprint density at radius 2 is 1.59 bits per heavy atom. The summed E-state index contributed by atoms with van der Waals surface area (Å²) < 4.78 is 39.8. The molecule has 32 heavy (non-hydrogen) atoms. The molecule has 0 saturated heterocycles. The number of alkyl halides is 3. The van der Waals surface area contributed by atoms with Crippen molar-refractivity contribution in [2.75, 3.05) is 30.9 Å². The zero-order chi connectivity index (χ0) is 23.5. The SMILES string of the molecule is CN(C)c1ccc(C(=O)N[C@H]2CC[C@@H](N(C)c3ccc(C#N)c(C(F)(F)F)c3)CC2)cc1. The van der Waals surface area contributed by atoms with Crippen molar-refractivity contribution in [3.8, 4) is 6.07 Å². The maximum absolute atomic E-state index is 13.3. The summed E-state index contributed by atoms with van der Waals surface area (Å²) in [6.07, 6.45) is -1.57. The number of carbonyl (C=O) groups is 1. The van der Waals surface area contributed by atoms with Crippen molar-refractivity contribution in [3.05, 3.63) is 59.2 Å². The molecule has 2 aromatic rings. The van der Waals surface area contributed by atoms with E-state index in [1.54, 1.807) is 31.3 Å². The van der Waals surface area contributed by atoms with E-state index in [0.717, 1.165) is 37.4 Å². The number of rotatable bonds is 5. The maximum atomic E-state index is 13.3. The molecular formula is C24H27F3N4O. The summed E-state index contributed by atoms with van der Waals surface area (Å²) >= 11 is 0. The molecule has 1 amide bonds. The molecule has 0 bridgehead atoms. The molecule has 1 saturated carbocycles. The van der Waals surface area contributed by atoms with Crippen LogP contribution in [0.25, 0.3) is 0 Å². The monoisotopic (exact) mass is 444 g/mol. The van der Waals surface area contributed by atoms with Crippen LogP contribution >= 0.6 is 0 Å². The van der Waals surface area contributed by atoms with Crippen LogP contribution in [-0.2, 0) is 6.18 Å². The van der Waals surface area contributed by atoms with Crippen LogP contribution < -0.4 is 15.1 Å². The lowest BCUT2D eigenvalue weighted by atomic mass is 9.89. The number of nitrogens with zero attached hydrogens (tertiary/aromatic N) is 3. The second-order valence-corrected chi connectivity index (χ2v) is 8.37. The zero-order valence-corrected chi connectivity index (χ0v) is 18.4. The molecule has 170 valence electrons. The summed E-state index contributed by atoms with van der Waals surface area (Å²) in [6, 6.07) is 12.9. The van der Waals surface area contributed by atoms with Crippen molar-refractivity contribution in [1.82, 2.24) is 5.32 Å². The first kappa shape index (κ1) is 23.5. The van der Waals surface area contributed by atoms with Gasteiger partial charge in [0, 0.05) is 50.2 Å². The van der Waals surface area contributed by atoms with Gasteiger partial charge in [-0.15, -0.1) is 0 Å². The first-order chi connectivity index (χ1) is 15.1. The Morgan fingerprint density at radius 3 is 2.12 bits per heavy atom. The Balaban J connectivity index is 1.59. The minimum absolute atomic E-state index is 0.0346. The normalized spacial score (nSPS) is 18.5. The van der Waals surface area contributed by atoms with Crippen LogP contribution in [0.15, 0.2) is 42.5 Å². The van der Waals surface area contributed by atoms with Crippen LogP contribution in [0.1, 0.15) is 47.2 Å². The van der Waals surface area contributed by atoms with Gasteiger partial charge in [-0.05, 0) is 68.1 Å². The topological polar surface area (TPSA) is 59.4 Å². The molecule has 1 aliphatic carbocycles. The van der Waals surface area contributed by atoms with Crippen molar-refractivity contribution < 1.29 is 18.0 Å². The highest BCUT2D eigenvalue weighted by Gasteiger charge is 2.34. The fourth-order valence-electron chi connectivity index (χ4n) is 4.08. The highest BCUT2D eigenvalue weighted by molar-refractivity contribution is 5.94. The molecule has 5 nitrogen and oxygen atoms in total. The summed E-state index contributed by atoms with van der Waals surface area (Å²) in [5.74, 6) is -0.117. The van der Waals surface area contributed by atoms with E-state index in [0.29, 0.717) is 11.3 Å². The zero-order valence-electron chi connectivity index (χ0n) is 18.4. The van der Waals surface area contributed by atoms with Gasteiger partial charge >= 0.3 is 6.18 Å². The minimum atomic E-state index is -4.57. The van der Waals surface area contributed by atoms with Crippen LogP contribution in [0.4, 0.5) is 24.5 Å². The third kappa shape index (κ3) is 5.34. The van der Waals surface area contributed by atoms with Gasteiger partial charge in [-0.2, -0.15) is 18.4 Å². The fourth-order valence-corrected chi connectivity index (χ4v) is 4.08. The predicted molar refractivity (Wildman–Crippen MR) is 119 cm³/mol. The van der Waals surface area contributed by atoms with E-state index in [9.17, 15) is 18.0 Å². The second-order valence-electron chi connectivity index (χ2n) is 8.37. The minimum Gasteiger partial charge on any atom is -0.378 e. The number of anilines is 2. The van der Waals surface area contributed by atoms with E-state index in [4.69, 9.17) is 5.26 Å². The molecule has 8 heteroatoms. The Labute approximate surface area is 186 Å². The van der Waals surface area contributed by atoms with Crippen molar-refractivity contribution in [1.29, 1.82) is 5.26 Å². The fraction of sp³-hybridized carbons (Fsp3) is 0.417. The van der Waals surface area contributed by atoms with Crippen LogP contribution in [0.5, 0.6) is 0 Å². The van der Waals surface area contributed by atoms with Gasteiger partial charge in [0.25, 0.3) is 5.91 Å². The van der Waals surface area contributed by atoms with Gasteiger partial charge in [-0.1, -0.05) is 0 Å². The lowest BCUT2D eigenvalue weighted by Crippen LogP contribution is -2.43. The lowest BCUT2D eigenvalue weighted by molar-refractivity contribution is -0.137. The standard InChI is InChI=1S/C24H27F3N4O/c1-30(2)19-9-4-16(5-10-19)23(32)29-18-7-12-20(13-8-18)31(3)21-11-6-17(15-28)22(14-21)24(25,26)27/h4-6,9-11,14,18,20H,7-8,12-13H2,1-3H3,(H,29,32)/t18-,20+. The van der Waals surface area contributed by atoms with Gasteiger partial charge in [-0.3, -0.25) is 4.79 Å². The predicted octanol–water partition coefficient (Wildman–Crippen LogP) is 4.82. The molecule has 0 radical (unpaired) electrons. The van der Waals surface area contributed by atoms with Crippen molar-refractivity contribution in [3.63, 3.8) is 0 Å². The Hall–Kier alpha value is -3.21. The third-order valence-electron chi connectivity index (χ3n) is 6.06. The number of hydrogen-bond donors (Lipinski definition) is 1. The van der Waals surface area contributed by atoms with Gasteiger partial charge in [0.2, 0.25) is 0 Å². The highest BCUT2D eigenvalue weighted by atomic mass is 19.4. The number of carbonyl (C=O) groups excluding carboxylic acids is 1. The van der Waals surface area contributed by atoms with E-state index in [-0.39, 0.29) is 23.6 Å². The van der Waals surface area contributed by atoms with Gasteiger partial charge in [0.15, 0.2) is 0 Å². The average Bonchev–Trinajstić information content (AvgIpc) is 2.78. The Bertz CT molecular complexity index is 988. The van der Waals surface area contributed by atoms with Gasteiger partial charge in [0.05, 0.1) is 17.2 Å². The van der Waals surface area contributed by atoms with Crippen molar-refractivity contribution >= 4 is 17.3 Å². The van der Waals surface area contributed by atoms with E-state index in [2.05, 4.69) is 5.32 Å². The van der Waals surface area contributed by atoms with Crippen molar-refractivity contribution in [2.45, 2.75) is 43.9 Å². The van der Waals surface area contributed by atoms with E-state index < -0.39 is 11.7 Å². The summed E-state index contributed by atoms with van der Waals surface area (Å²) in [4.78, 5) is 16.4. The summed E-state index contributed by atoms with van der Waals surface area (Å²) in [5.41, 5.74) is 0.767. The Kier molecular flexibility index (Phi) is 6.97. The molecule has 0 heterocycles.